The number of aryl methyl sites for hydroxylation is 1. The van der Waals surface area contributed by atoms with E-state index >= 15 is 0 Å². The van der Waals surface area contributed by atoms with Crippen LogP contribution < -0.4 is 3.71 Å². The molecule has 0 aliphatic carbocycles. The predicted molar refractivity (Wildman–Crippen MR) is 114 cm³/mol. The van der Waals surface area contributed by atoms with E-state index in [4.69, 9.17) is 0 Å². The van der Waals surface area contributed by atoms with E-state index in [1.165, 1.54) is 3.71 Å². The standard InChI is InChI=1S/C20H16NO.3CH3.Sn/c1-21-14-18(13-12-16-8-4-2-5-9-16)19(15-21)20(22)17-10-6-3-7-11-17;;;;/h2-14H,1H3;3*1H3;/b13-12+;;;;. The van der Waals surface area contributed by atoms with Gasteiger partial charge in [-0.25, -0.2) is 0 Å². The van der Waals surface area contributed by atoms with E-state index in [9.17, 15) is 4.79 Å². The zero-order valence-corrected chi connectivity index (χ0v) is 18.7. The molecule has 0 saturated carbocycles. The fourth-order valence-electron chi connectivity index (χ4n) is 3.40. The molecule has 0 atom stereocenters. The summed E-state index contributed by atoms with van der Waals surface area (Å²) in [6.45, 7) is 0. The summed E-state index contributed by atoms with van der Waals surface area (Å²) in [6.07, 6.45) is 6.26. The topological polar surface area (TPSA) is 22.0 Å². The fraction of sp³-hybridized carbons (Fsp3) is 0.174. The van der Waals surface area contributed by atoms with Crippen molar-refractivity contribution in [1.82, 2.24) is 4.57 Å². The van der Waals surface area contributed by atoms with E-state index in [0.29, 0.717) is 0 Å². The molecule has 0 bridgehead atoms. The van der Waals surface area contributed by atoms with Gasteiger partial charge in [0, 0.05) is 0 Å². The van der Waals surface area contributed by atoms with Gasteiger partial charge in [-0.1, -0.05) is 0 Å². The number of rotatable bonds is 5. The maximum absolute atomic E-state index is 13.3. The molecule has 132 valence electrons. The number of hydrogen-bond acceptors (Lipinski definition) is 1. The van der Waals surface area contributed by atoms with Crippen molar-refractivity contribution in [3.05, 3.63) is 89.1 Å². The van der Waals surface area contributed by atoms with Gasteiger partial charge in [0.25, 0.3) is 0 Å². The molecule has 0 saturated heterocycles. The molecule has 3 rings (SSSR count). The monoisotopic (exact) mass is 451 g/mol. The molecule has 0 N–H and O–H groups in total. The summed E-state index contributed by atoms with van der Waals surface area (Å²) in [5.74, 6) is 0.125. The molecule has 2 nitrogen and oxygen atoms in total. The molecule has 0 aliphatic heterocycles. The molecule has 26 heavy (non-hydrogen) atoms. The van der Waals surface area contributed by atoms with Crippen molar-refractivity contribution in [2.24, 2.45) is 7.05 Å². The predicted octanol–water partition coefficient (Wildman–Crippen LogP) is 4.97. The Hall–Kier alpha value is -2.07. The Morgan fingerprint density at radius 3 is 2.04 bits per heavy atom. The Morgan fingerprint density at radius 2 is 1.46 bits per heavy atom. The second kappa shape index (κ2) is 7.66. The zero-order chi connectivity index (χ0) is 18.7. The van der Waals surface area contributed by atoms with E-state index in [1.54, 1.807) is 0 Å². The molecule has 0 unspecified atom stereocenters. The first-order valence-corrected chi connectivity index (χ1v) is 18.9. The van der Waals surface area contributed by atoms with Gasteiger partial charge in [0.2, 0.25) is 0 Å². The second-order valence-electron chi connectivity index (χ2n) is 7.61. The first-order chi connectivity index (χ1) is 12.4. The molecular weight excluding hydrogens is 425 g/mol. The number of nitrogens with zero attached hydrogens (tertiary/aromatic N) is 1. The summed E-state index contributed by atoms with van der Waals surface area (Å²) < 4.78 is 3.44. The Labute approximate surface area is 160 Å². The summed E-state index contributed by atoms with van der Waals surface area (Å²) >= 11 is -2.50. The van der Waals surface area contributed by atoms with Crippen LogP contribution in [-0.4, -0.2) is 28.7 Å². The number of aromatic nitrogens is 1. The molecule has 0 radical (unpaired) electrons. The molecule has 1 heterocycles. The Balaban J connectivity index is 2.13. The van der Waals surface area contributed by atoms with E-state index in [1.807, 2.05) is 48.5 Å². The quantitative estimate of drug-likeness (QED) is 0.398. The van der Waals surface area contributed by atoms with Gasteiger partial charge in [-0.2, -0.15) is 0 Å². The molecule has 3 aromatic rings. The minimum atomic E-state index is -2.50. The first kappa shape index (κ1) is 18.7. The fourth-order valence-corrected chi connectivity index (χ4v) is 9.48. The Bertz CT molecular complexity index is 932. The van der Waals surface area contributed by atoms with Crippen molar-refractivity contribution in [2.45, 2.75) is 14.8 Å². The SMILES string of the molecule is Cn1cc(/C=C/c2ccccc2)c(C(=O)c2ccccc2)[c]1[Sn]([CH3])([CH3])[CH3]. The third kappa shape index (κ3) is 4.01. The molecule has 1 aromatic heterocycles. The van der Waals surface area contributed by atoms with Gasteiger partial charge in [-0.15, -0.1) is 0 Å². The van der Waals surface area contributed by atoms with E-state index in [2.05, 4.69) is 56.9 Å². The minimum absolute atomic E-state index is 0.125. The van der Waals surface area contributed by atoms with Crippen LogP contribution >= 0.6 is 0 Å². The van der Waals surface area contributed by atoms with E-state index < -0.39 is 18.4 Å². The molecule has 0 fully saturated rings. The third-order valence-electron chi connectivity index (χ3n) is 4.44. The number of carbonyl (C=O) groups is 1. The molecule has 3 heteroatoms. The Morgan fingerprint density at radius 1 is 0.885 bits per heavy atom. The summed E-state index contributed by atoms with van der Waals surface area (Å²) in [7, 11) is 2.07. The van der Waals surface area contributed by atoms with Crippen molar-refractivity contribution >= 4 is 40.0 Å². The van der Waals surface area contributed by atoms with Crippen LogP contribution in [0.4, 0.5) is 0 Å². The van der Waals surface area contributed by atoms with Crippen LogP contribution in [0.5, 0.6) is 0 Å². The molecule has 0 aliphatic rings. The van der Waals surface area contributed by atoms with Crippen LogP contribution in [0.15, 0.2) is 66.9 Å². The van der Waals surface area contributed by atoms with E-state index in [-0.39, 0.29) is 5.78 Å². The van der Waals surface area contributed by atoms with Gasteiger partial charge in [0.1, 0.15) is 0 Å². The normalized spacial score (nSPS) is 11.8. The van der Waals surface area contributed by atoms with Crippen LogP contribution in [0.2, 0.25) is 14.8 Å². The van der Waals surface area contributed by atoms with Crippen molar-refractivity contribution in [1.29, 1.82) is 0 Å². The number of benzene rings is 2. The maximum atomic E-state index is 13.3. The molecule has 0 amide bonds. The third-order valence-corrected chi connectivity index (χ3v) is 10.2. The Kier molecular flexibility index (Phi) is 5.52. The van der Waals surface area contributed by atoms with Gasteiger partial charge >= 0.3 is 160 Å². The number of ketones is 1. The summed E-state index contributed by atoms with van der Waals surface area (Å²) in [4.78, 5) is 20.4. The van der Waals surface area contributed by atoms with Gasteiger partial charge in [-0.3, -0.25) is 0 Å². The number of carbonyl (C=O) groups excluding carboxylic acids is 1. The van der Waals surface area contributed by atoms with Gasteiger partial charge in [0.05, 0.1) is 0 Å². The first-order valence-electron chi connectivity index (χ1n) is 8.90. The molecular formula is C23H25NOSn. The zero-order valence-electron chi connectivity index (χ0n) is 15.9. The average molecular weight is 450 g/mol. The van der Waals surface area contributed by atoms with Crippen LogP contribution in [0.3, 0.4) is 0 Å². The van der Waals surface area contributed by atoms with Gasteiger partial charge in [0.15, 0.2) is 0 Å². The van der Waals surface area contributed by atoms with Gasteiger partial charge in [-0.05, 0) is 0 Å². The summed E-state index contributed by atoms with van der Waals surface area (Å²) in [6, 6.07) is 19.8. The van der Waals surface area contributed by atoms with Crippen molar-refractivity contribution in [2.75, 3.05) is 0 Å². The van der Waals surface area contributed by atoms with Crippen LogP contribution in [0.25, 0.3) is 12.2 Å². The van der Waals surface area contributed by atoms with Crippen LogP contribution in [-0.2, 0) is 7.05 Å². The van der Waals surface area contributed by atoms with Crippen molar-refractivity contribution < 1.29 is 4.79 Å². The van der Waals surface area contributed by atoms with E-state index in [0.717, 1.165) is 22.3 Å². The van der Waals surface area contributed by atoms with Crippen molar-refractivity contribution in [3.63, 3.8) is 0 Å². The molecule has 2 aromatic carbocycles. The average Bonchev–Trinajstić information content (AvgIpc) is 2.97. The van der Waals surface area contributed by atoms with Crippen molar-refractivity contribution in [3.8, 4) is 0 Å². The summed E-state index contributed by atoms with van der Waals surface area (Å²) in [5, 5.41) is 0. The second-order valence-corrected chi connectivity index (χ2v) is 21.8. The van der Waals surface area contributed by atoms with Gasteiger partial charge < -0.3 is 0 Å². The van der Waals surface area contributed by atoms with Crippen LogP contribution in [0, 0.1) is 0 Å². The summed E-state index contributed by atoms with van der Waals surface area (Å²) in [5.41, 5.74) is 3.78. The molecule has 0 spiro atoms. The van der Waals surface area contributed by atoms with Crippen LogP contribution in [0.1, 0.15) is 27.0 Å². The number of hydrogen-bond donors (Lipinski definition) is 0.